The van der Waals surface area contributed by atoms with Gasteiger partial charge >= 0.3 is 12.0 Å². The van der Waals surface area contributed by atoms with E-state index in [9.17, 15) is 14.0 Å². The summed E-state index contributed by atoms with van der Waals surface area (Å²) < 4.78 is 19.5. The maximum atomic E-state index is 14.8. The van der Waals surface area contributed by atoms with E-state index in [2.05, 4.69) is 9.72 Å². The minimum absolute atomic E-state index is 0.0505. The summed E-state index contributed by atoms with van der Waals surface area (Å²) in [5.41, 5.74) is 3.08. The lowest BCUT2D eigenvalue weighted by Crippen LogP contribution is -2.45. The first kappa shape index (κ1) is 22.5. The van der Waals surface area contributed by atoms with E-state index < -0.39 is 11.8 Å². The number of likely N-dealkylation sites (tertiary alicyclic amines) is 1. The minimum Gasteiger partial charge on any atom is -0.465 e. The van der Waals surface area contributed by atoms with Crippen LogP contribution in [0.25, 0.3) is 11.1 Å². The molecule has 7 heteroatoms. The second kappa shape index (κ2) is 10.3. The number of nitrogens with zero attached hydrogens (tertiary/aromatic N) is 3. The van der Waals surface area contributed by atoms with E-state index in [0.29, 0.717) is 24.3 Å². The second-order valence-electron chi connectivity index (χ2n) is 8.00. The van der Waals surface area contributed by atoms with Crippen LogP contribution in [0.15, 0.2) is 67.0 Å². The highest BCUT2D eigenvalue weighted by Gasteiger charge is 2.25. The van der Waals surface area contributed by atoms with Crippen LogP contribution < -0.4 is 4.90 Å². The number of aromatic nitrogens is 1. The highest BCUT2D eigenvalue weighted by atomic mass is 19.1. The van der Waals surface area contributed by atoms with Crippen molar-refractivity contribution in [2.24, 2.45) is 0 Å². The normalized spacial score (nSPS) is 13.5. The Morgan fingerprint density at radius 3 is 2.42 bits per heavy atom. The fourth-order valence-electron chi connectivity index (χ4n) is 3.98. The quantitative estimate of drug-likeness (QED) is 0.499. The maximum Gasteiger partial charge on any atom is 0.337 e. The molecule has 2 aromatic carbocycles. The van der Waals surface area contributed by atoms with Gasteiger partial charge in [0.2, 0.25) is 0 Å². The molecule has 0 bridgehead atoms. The zero-order valence-electron chi connectivity index (χ0n) is 18.5. The Kier molecular flexibility index (Phi) is 6.98. The van der Waals surface area contributed by atoms with E-state index in [1.165, 1.54) is 19.2 Å². The summed E-state index contributed by atoms with van der Waals surface area (Å²) in [6, 6.07) is 15.5. The third-order valence-electron chi connectivity index (χ3n) is 5.83. The molecule has 6 nitrogen and oxygen atoms in total. The van der Waals surface area contributed by atoms with Crippen LogP contribution in [0.2, 0.25) is 0 Å². The smallest absolute Gasteiger partial charge is 0.337 e. The molecule has 0 radical (unpaired) electrons. The number of halogens is 1. The number of benzene rings is 2. The minimum atomic E-state index is -0.604. The van der Waals surface area contributed by atoms with E-state index >= 15 is 0 Å². The molecule has 0 aliphatic carbocycles. The van der Waals surface area contributed by atoms with Gasteiger partial charge in [0.05, 0.1) is 19.2 Å². The molecule has 0 saturated carbocycles. The number of esters is 1. The largest absolute Gasteiger partial charge is 0.465 e. The lowest BCUT2D eigenvalue weighted by atomic mass is 10.1. The summed E-state index contributed by atoms with van der Waals surface area (Å²) in [6.07, 6.45) is 6.53. The molecule has 2 heterocycles. The molecule has 1 aliphatic heterocycles. The zero-order valence-corrected chi connectivity index (χ0v) is 18.5. The summed E-state index contributed by atoms with van der Waals surface area (Å²) in [4.78, 5) is 32.7. The third-order valence-corrected chi connectivity index (χ3v) is 5.83. The molecule has 4 rings (SSSR count). The monoisotopic (exact) mass is 447 g/mol. The standard InChI is InChI=1S/C26H26FN3O3/c1-33-25(31)20-7-8-22(24(27)16-20)18-30(26(32)29-14-3-2-4-15-29)23-11-9-19(10-12-23)21-6-5-13-28-17-21/h5-13,16-17H,2-4,14-15,18H2,1H3. The van der Waals surface area contributed by atoms with Crippen LogP contribution >= 0.6 is 0 Å². The Morgan fingerprint density at radius 1 is 1.03 bits per heavy atom. The van der Waals surface area contributed by atoms with Crippen molar-refractivity contribution in [3.05, 3.63) is 83.9 Å². The molecule has 0 unspecified atom stereocenters. The van der Waals surface area contributed by atoms with Crippen LogP contribution in [0.1, 0.15) is 35.2 Å². The number of methoxy groups -OCH3 is 1. The molecule has 1 fully saturated rings. The molecule has 1 aromatic heterocycles. The van der Waals surface area contributed by atoms with E-state index in [0.717, 1.165) is 36.5 Å². The number of pyridine rings is 1. The molecule has 0 spiro atoms. The number of rotatable bonds is 5. The molecular weight excluding hydrogens is 421 g/mol. The van der Waals surface area contributed by atoms with Crippen LogP contribution in [0, 0.1) is 5.82 Å². The van der Waals surface area contributed by atoms with Gasteiger partial charge in [0.1, 0.15) is 5.82 Å². The number of hydrogen-bond donors (Lipinski definition) is 0. The average molecular weight is 448 g/mol. The molecule has 1 saturated heterocycles. The molecule has 3 aromatic rings. The Hall–Kier alpha value is -3.74. The fourth-order valence-corrected chi connectivity index (χ4v) is 3.98. The number of urea groups is 1. The van der Waals surface area contributed by atoms with Crippen LogP contribution in [0.5, 0.6) is 0 Å². The van der Waals surface area contributed by atoms with Crippen molar-refractivity contribution in [3.63, 3.8) is 0 Å². The van der Waals surface area contributed by atoms with Crippen LogP contribution in [-0.2, 0) is 11.3 Å². The van der Waals surface area contributed by atoms with Crippen molar-refractivity contribution in [2.45, 2.75) is 25.8 Å². The molecular formula is C26H26FN3O3. The Bertz CT molecular complexity index is 1110. The first-order valence-corrected chi connectivity index (χ1v) is 11.0. The predicted molar refractivity (Wildman–Crippen MR) is 124 cm³/mol. The van der Waals surface area contributed by atoms with Crippen LogP contribution in [-0.4, -0.2) is 42.1 Å². The summed E-state index contributed by atoms with van der Waals surface area (Å²) >= 11 is 0. The molecule has 1 aliphatic rings. The average Bonchev–Trinajstić information content (AvgIpc) is 2.88. The number of piperidine rings is 1. The van der Waals surface area contributed by atoms with Gasteiger partial charge in [0.25, 0.3) is 0 Å². The Balaban J connectivity index is 1.64. The second-order valence-corrected chi connectivity index (χ2v) is 8.00. The topological polar surface area (TPSA) is 62.7 Å². The van der Waals surface area contributed by atoms with Crippen molar-refractivity contribution < 1.29 is 18.7 Å². The summed E-state index contributed by atoms with van der Waals surface area (Å²) in [5, 5.41) is 0. The van der Waals surface area contributed by atoms with Gasteiger partial charge in [-0.25, -0.2) is 14.0 Å². The van der Waals surface area contributed by atoms with Gasteiger partial charge in [-0.1, -0.05) is 24.3 Å². The van der Waals surface area contributed by atoms with Gasteiger partial charge < -0.3 is 9.64 Å². The Labute approximate surface area is 192 Å². The number of ether oxygens (including phenoxy) is 1. The third kappa shape index (κ3) is 5.19. The Morgan fingerprint density at radius 2 is 1.79 bits per heavy atom. The molecule has 0 N–H and O–H groups in total. The van der Waals surface area contributed by atoms with Gasteiger partial charge in [-0.2, -0.15) is 0 Å². The SMILES string of the molecule is COC(=O)c1ccc(CN(C(=O)N2CCCCC2)c2ccc(-c3cccnc3)cc2)c(F)c1. The molecule has 170 valence electrons. The van der Waals surface area contributed by atoms with Gasteiger partial charge in [0, 0.05) is 36.7 Å². The van der Waals surface area contributed by atoms with E-state index in [1.54, 1.807) is 17.3 Å². The van der Waals surface area contributed by atoms with E-state index in [-0.39, 0.29) is 18.1 Å². The van der Waals surface area contributed by atoms with Crippen molar-refractivity contribution in [1.82, 2.24) is 9.88 Å². The van der Waals surface area contributed by atoms with Crippen molar-refractivity contribution in [3.8, 4) is 11.1 Å². The van der Waals surface area contributed by atoms with Gasteiger partial charge in [-0.05, 0) is 60.7 Å². The highest BCUT2D eigenvalue weighted by Crippen LogP contribution is 2.26. The van der Waals surface area contributed by atoms with Crippen molar-refractivity contribution >= 4 is 17.7 Å². The predicted octanol–water partition coefficient (Wildman–Crippen LogP) is 5.29. The number of amides is 2. The molecule has 0 atom stereocenters. The van der Waals surface area contributed by atoms with Crippen LogP contribution in [0.3, 0.4) is 0 Å². The summed E-state index contributed by atoms with van der Waals surface area (Å²) in [6.45, 7) is 1.43. The number of carbonyl (C=O) groups excluding carboxylic acids is 2. The summed E-state index contributed by atoms with van der Waals surface area (Å²) in [7, 11) is 1.25. The maximum absolute atomic E-state index is 14.8. The van der Waals surface area contributed by atoms with Crippen LogP contribution in [0.4, 0.5) is 14.9 Å². The highest BCUT2D eigenvalue weighted by molar-refractivity contribution is 5.92. The van der Waals surface area contributed by atoms with E-state index in [1.807, 2.05) is 41.3 Å². The van der Waals surface area contributed by atoms with Gasteiger partial charge in [-0.3, -0.25) is 9.88 Å². The number of hydrogen-bond acceptors (Lipinski definition) is 4. The van der Waals surface area contributed by atoms with Crippen molar-refractivity contribution in [1.29, 1.82) is 0 Å². The zero-order chi connectivity index (χ0) is 23.2. The lowest BCUT2D eigenvalue weighted by molar-refractivity contribution is 0.0600. The lowest BCUT2D eigenvalue weighted by Gasteiger charge is -2.33. The molecule has 2 amide bonds. The summed E-state index contributed by atoms with van der Waals surface area (Å²) in [5.74, 6) is -1.16. The van der Waals surface area contributed by atoms with Crippen molar-refractivity contribution in [2.75, 3.05) is 25.1 Å². The van der Waals surface area contributed by atoms with Gasteiger partial charge in [0.15, 0.2) is 0 Å². The fraction of sp³-hybridized carbons (Fsp3) is 0.269. The number of carbonyl (C=O) groups is 2. The first-order chi connectivity index (χ1) is 16.1. The first-order valence-electron chi connectivity index (χ1n) is 11.0. The van der Waals surface area contributed by atoms with Gasteiger partial charge in [-0.15, -0.1) is 0 Å². The molecule has 33 heavy (non-hydrogen) atoms. The number of anilines is 1. The van der Waals surface area contributed by atoms with E-state index in [4.69, 9.17) is 0 Å².